The highest BCUT2D eigenvalue weighted by molar-refractivity contribution is 8.01. The Kier molecular flexibility index (Phi) is 10.0. The SMILES string of the molecule is NCCSCCS(=O)(=O)c1c(F)c(F)c(S(=O)(=O)CCSCCN)c(F)c1F. The van der Waals surface area contributed by atoms with Crippen molar-refractivity contribution >= 4 is 43.2 Å². The summed E-state index contributed by atoms with van der Waals surface area (Å²) in [6.45, 7) is 0.486. The Balaban J connectivity index is 3.31. The molecule has 6 nitrogen and oxygen atoms in total. The van der Waals surface area contributed by atoms with E-state index in [2.05, 4.69) is 0 Å². The number of hydrogen-bond acceptors (Lipinski definition) is 8. The van der Waals surface area contributed by atoms with Crippen molar-refractivity contribution in [2.75, 3.05) is 47.6 Å². The Hall–Kier alpha value is -0.540. The maximum atomic E-state index is 14.3. The monoisotopic (exact) mass is 484 g/mol. The molecule has 0 aliphatic carbocycles. The lowest BCUT2D eigenvalue weighted by Gasteiger charge is -2.13. The zero-order chi connectivity index (χ0) is 21.5. The van der Waals surface area contributed by atoms with Crippen LogP contribution in [0, 0.1) is 23.3 Å². The summed E-state index contributed by atoms with van der Waals surface area (Å²) < 4.78 is 106. The van der Waals surface area contributed by atoms with Crippen LogP contribution < -0.4 is 11.5 Å². The van der Waals surface area contributed by atoms with Gasteiger partial charge >= 0.3 is 0 Å². The molecule has 28 heavy (non-hydrogen) atoms. The molecule has 4 N–H and O–H groups in total. The molecule has 0 aromatic heterocycles. The van der Waals surface area contributed by atoms with Crippen LogP contribution in [0.4, 0.5) is 17.6 Å². The first-order chi connectivity index (χ1) is 13.0. The first-order valence-electron chi connectivity index (χ1n) is 7.88. The van der Waals surface area contributed by atoms with E-state index in [0.29, 0.717) is 11.5 Å². The van der Waals surface area contributed by atoms with Gasteiger partial charge in [0.1, 0.15) is 9.79 Å². The fourth-order valence-electron chi connectivity index (χ4n) is 2.05. The molecular weight excluding hydrogens is 464 g/mol. The molecule has 14 heteroatoms. The second-order valence-electron chi connectivity index (χ2n) is 5.35. The zero-order valence-corrected chi connectivity index (χ0v) is 17.9. The van der Waals surface area contributed by atoms with E-state index in [4.69, 9.17) is 11.5 Å². The van der Waals surface area contributed by atoms with Gasteiger partial charge in [-0.25, -0.2) is 34.4 Å². The van der Waals surface area contributed by atoms with Gasteiger partial charge in [-0.3, -0.25) is 0 Å². The van der Waals surface area contributed by atoms with E-state index in [1.807, 2.05) is 0 Å². The van der Waals surface area contributed by atoms with Crippen LogP contribution in [0.1, 0.15) is 0 Å². The quantitative estimate of drug-likeness (QED) is 0.258. The molecule has 162 valence electrons. The van der Waals surface area contributed by atoms with Crippen LogP contribution in [-0.2, 0) is 19.7 Å². The number of halogens is 4. The van der Waals surface area contributed by atoms with Gasteiger partial charge in [0.2, 0.25) is 0 Å². The smallest absolute Gasteiger partial charge is 0.185 e. The Morgan fingerprint density at radius 1 is 0.607 bits per heavy atom. The van der Waals surface area contributed by atoms with Crippen molar-refractivity contribution in [3.05, 3.63) is 23.3 Å². The Morgan fingerprint density at radius 3 is 1.14 bits per heavy atom. The van der Waals surface area contributed by atoms with Gasteiger partial charge in [0.15, 0.2) is 42.9 Å². The van der Waals surface area contributed by atoms with Crippen molar-refractivity contribution in [1.29, 1.82) is 0 Å². The first kappa shape index (κ1) is 25.5. The standard InChI is InChI=1S/C14H20F4N2O4S4/c15-9-11(17)14(28(23,24)8-6-26-4-2-20)12(18)10(16)13(9)27(21,22)7-5-25-3-1-19/h1-8,19-20H2. The summed E-state index contributed by atoms with van der Waals surface area (Å²) in [5.41, 5.74) is 10.5. The van der Waals surface area contributed by atoms with Gasteiger partial charge in [0.25, 0.3) is 0 Å². The Morgan fingerprint density at radius 2 is 0.893 bits per heavy atom. The van der Waals surface area contributed by atoms with Gasteiger partial charge in [-0.15, -0.1) is 0 Å². The zero-order valence-electron chi connectivity index (χ0n) is 14.6. The van der Waals surface area contributed by atoms with E-state index in [1.54, 1.807) is 0 Å². The third-order valence-corrected chi connectivity index (χ3v) is 9.32. The van der Waals surface area contributed by atoms with Crippen LogP contribution in [0.25, 0.3) is 0 Å². The molecule has 0 spiro atoms. The van der Waals surface area contributed by atoms with Crippen molar-refractivity contribution in [3.63, 3.8) is 0 Å². The van der Waals surface area contributed by atoms with E-state index < -0.39 is 64.2 Å². The molecule has 0 radical (unpaired) electrons. The molecule has 1 aromatic rings. The van der Waals surface area contributed by atoms with E-state index in [0.717, 1.165) is 23.5 Å². The summed E-state index contributed by atoms with van der Waals surface area (Å²) in [6.07, 6.45) is 0. The molecule has 0 aliphatic heterocycles. The summed E-state index contributed by atoms with van der Waals surface area (Å²) in [4.78, 5) is -3.63. The number of sulfone groups is 2. The van der Waals surface area contributed by atoms with E-state index in [-0.39, 0.29) is 24.6 Å². The Labute approximate surface area is 169 Å². The highest BCUT2D eigenvalue weighted by Crippen LogP contribution is 2.32. The second-order valence-corrected chi connectivity index (χ2v) is 11.9. The highest BCUT2D eigenvalue weighted by Gasteiger charge is 2.37. The molecule has 0 saturated heterocycles. The fourth-order valence-corrected chi connectivity index (χ4v) is 7.35. The van der Waals surface area contributed by atoms with Crippen LogP contribution in [0.15, 0.2) is 9.79 Å². The minimum atomic E-state index is -4.74. The predicted octanol–water partition coefficient (Wildman–Crippen LogP) is 1.17. The lowest BCUT2D eigenvalue weighted by Crippen LogP contribution is -2.21. The van der Waals surface area contributed by atoms with Crippen LogP contribution in [-0.4, -0.2) is 64.4 Å². The summed E-state index contributed by atoms with van der Waals surface area (Å²) in [5, 5.41) is 0. The lowest BCUT2D eigenvalue weighted by molar-refractivity contribution is 0.390. The first-order valence-corrected chi connectivity index (χ1v) is 13.5. The molecule has 0 amide bonds. The third kappa shape index (κ3) is 6.23. The van der Waals surface area contributed by atoms with Crippen molar-refractivity contribution < 1.29 is 34.4 Å². The molecule has 0 bridgehead atoms. The highest BCUT2D eigenvalue weighted by atomic mass is 32.2. The van der Waals surface area contributed by atoms with Crippen molar-refractivity contribution in [2.24, 2.45) is 11.5 Å². The van der Waals surface area contributed by atoms with Crippen LogP contribution in [0.3, 0.4) is 0 Å². The molecular formula is C14H20F4N2O4S4. The third-order valence-electron chi connectivity index (χ3n) is 3.32. The topological polar surface area (TPSA) is 120 Å². The summed E-state index contributed by atoms with van der Waals surface area (Å²) in [7, 11) is -9.48. The minimum Gasteiger partial charge on any atom is -0.330 e. The van der Waals surface area contributed by atoms with Crippen LogP contribution in [0.5, 0.6) is 0 Å². The van der Waals surface area contributed by atoms with Crippen LogP contribution in [0.2, 0.25) is 0 Å². The average Bonchev–Trinajstić information content (AvgIpc) is 2.61. The average molecular weight is 485 g/mol. The Bertz CT molecular complexity index is 793. The van der Waals surface area contributed by atoms with E-state index in [1.165, 1.54) is 0 Å². The summed E-state index contributed by atoms with van der Waals surface area (Å²) >= 11 is 2.14. The minimum absolute atomic E-state index is 0.111. The molecule has 1 aromatic carbocycles. The molecule has 0 saturated carbocycles. The fraction of sp³-hybridized carbons (Fsp3) is 0.571. The van der Waals surface area contributed by atoms with E-state index in [9.17, 15) is 34.4 Å². The molecule has 0 atom stereocenters. The van der Waals surface area contributed by atoms with Gasteiger partial charge in [0.05, 0.1) is 11.5 Å². The number of thioether (sulfide) groups is 2. The van der Waals surface area contributed by atoms with Crippen LogP contribution >= 0.6 is 23.5 Å². The molecule has 0 aliphatic rings. The van der Waals surface area contributed by atoms with Gasteiger partial charge in [-0.1, -0.05) is 0 Å². The summed E-state index contributed by atoms with van der Waals surface area (Å²) in [5.74, 6) is -10.1. The maximum Gasteiger partial charge on any atom is 0.185 e. The van der Waals surface area contributed by atoms with Gasteiger partial charge < -0.3 is 11.5 Å². The van der Waals surface area contributed by atoms with Gasteiger partial charge in [-0.2, -0.15) is 23.5 Å². The van der Waals surface area contributed by atoms with Gasteiger partial charge in [-0.05, 0) is 0 Å². The normalized spacial score (nSPS) is 12.5. The molecule has 0 heterocycles. The lowest BCUT2D eigenvalue weighted by atomic mass is 10.3. The number of benzene rings is 1. The van der Waals surface area contributed by atoms with Crippen molar-refractivity contribution in [3.8, 4) is 0 Å². The second kappa shape index (κ2) is 11.0. The van der Waals surface area contributed by atoms with Crippen molar-refractivity contribution in [1.82, 2.24) is 0 Å². The maximum absolute atomic E-state index is 14.3. The predicted molar refractivity (Wildman–Crippen MR) is 103 cm³/mol. The number of nitrogens with two attached hydrogens (primary N) is 2. The molecule has 1 rings (SSSR count). The largest absolute Gasteiger partial charge is 0.330 e. The van der Waals surface area contributed by atoms with Crippen molar-refractivity contribution in [2.45, 2.75) is 9.79 Å². The van der Waals surface area contributed by atoms with E-state index >= 15 is 0 Å². The number of rotatable bonds is 12. The molecule has 0 unspecified atom stereocenters. The summed E-state index contributed by atoms with van der Waals surface area (Å²) in [6, 6.07) is 0. The van der Waals surface area contributed by atoms with Gasteiger partial charge in [0, 0.05) is 36.1 Å². The number of hydrogen-bond donors (Lipinski definition) is 2. The molecule has 0 fully saturated rings.